The van der Waals surface area contributed by atoms with E-state index in [4.69, 9.17) is 10.5 Å². The number of hydrogen-bond donors (Lipinski definition) is 2. The highest BCUT2D eigenvalue weighted by molar-refractivity contribution is 5.68. The minimum absolute atomic E-state index is 0.0218. The lowest BCUT2D eigenvalue weighted by atomic mass is 9.98. The van der Waals surface area contributed by atoms with E-state index in [1.807, 2.05) is 0 Å². The first-order chi connectivity index (χ1) is 9.67. The third-order valence-corrected chi connectivity index (χ3v) is 3.97. The van der Waals surface area contributed by atoms with Gasteiger partial charge >= 0.3 is 5.69 Å². The summed E-state index contributed by atoms with van der Waals surface area (Å²) in [6.45, 7) is 0.471. The van der Waals surface area contributed by atoms with Crippen molar-refractivity contribution in [2.75, 3.05) is 19.0 Å². The van der Waals surface area contributed by atoms with E-state index in [-0.39, 0.29) is 17.5 Å². The summed E-state index contributed by atoms with van der Waals surface area (Å²) in [5.41, 5.74) is 6.29. The van der Waals surface area contributed by atoms with Gasteiger partial charge in [0.1, 0.15) is 5.69 Å². The van der Waals surface area contributed by atoms with Crippen LogP contribution < -0.4 is 15.8 Å². The first-order valence-corrected chi connectivity index (χ1v) is 6.95. The molecule has 0 saturated heterocycles. The zero-order valence-electron chi connectivity index (χ0n) is 11.7. The molecule has 1 saturated carbocycles. The molecule has 1 aromatic rings. The smallest absolute Gasteiger partial charge is 0.333 e. The van der Waals surface area contributed by atoms with E-state index in [0.29, 0.717) is 18.2 Å². The normalized spacial score (nSPS) is 16.9. The molecule has 0 bridgehead atoms. The van der Waals surface area contributed by atoms with Crippen molar-refractivity contribution < 1.29 is 9.66 Å². The maximum Gasteiger partial charge on any atom is 0.333 e. The van der Waals surface area contributed by atoms with E-state index in [2.05, 4.69) is 5.32 Å². The molecule has 1 fully saturated rings. The number of nitro benzene ring substituents is 1. The highest BCUT2D eigenvalue weighted by atomic mass is 16.6. The fraction of sp³-hybridized carbons (Fsp3) is 0.571. The summed E-state index contributed by atoms with van der Waals surface area (Å²) < 4.78 is 5.08. The number of nitrogens with one attached hydrogen (secondary N) is 1. The van der Waals surface area contributed by atoms with E-state index < -0.39 is 4.92 Å². The molecule has 1 unspecified atom stereocenters. The van der Waals surface area contributed by atoms with Gasteiger partial charge in [-0.05, 0) is 30.9 Å². The Labute approximate surface area is 118 Å². The van der Waals surface area contributed by atoms with Crippen molar-refractivity contribution in [1.29, 1.82) is 0 Å². The lowest BCUT2D eigenvalue weighted by Gasteiger charge is -2.24. The number of ether oxygens (including phenoxy) is 1. The summed E-state index contributed by atoms with van der Waals surface area (Å²) in [6.07, 6.45) is 4.69. The molecular weight excluding hydrogens is 258 g/mol. The molecule has 0 heterocycles. The van der Waals surface area contributed by atoms with Gasteiger partial charge in [0, 0.05) is 12.6 Å². The van der Waals surface area contributed by atoms with Gasteiger partial charge in [-0.25, -0.2) is 0 Å². The average molecular weight is 279 g/mol. The predicted molar refractivity (Wildman–Crippen MR) is 78.1 cm³/mol. The van der Waals surface area contributed by atoms with E-state index in [0.717, 1.165) is 12.8 Å². The third-order valence-electron chi connectivity index (χ3n) is 3.97. The third kappa shape index (κ3) is 3.01. The van der Waals surface area contributed by atoms with Gasteiger partial charge in [-0.1, -0.05) is 18.9 Å². The van der Waals surface area contributed by atoms with Crippen molar-refractivity contribution in [2.45, 2.75) is 31.7 Å². The average Bonchev–Trinajstić information content (AvgIpc) is 2.97. The van der Waals surface area contributed by atoms with Crippen LogP contribution in [0.2, 0.25) is 0 Å². The molecule has 0 spiro atoms. The largest absolute Gasteiger partial charge is 0.490 e. The minimum atomic E-state index is -0.413. The summed E-state index contributed by atoms with van der Waals surface area (Å²) in [4.78, 5) is 10.8. The topological polar surface area (TPSA) is 90.4 Å². The number of nitro groups is 1. The Morgan fingerprint density at radius 1 is 1.50 bits per heavy atom. The van der Waals surface area contributed by atoms with Crippen molar-refractivity contribution in [3.05, 3.63) is 28.3 Å². The number of benzene rings is 1. The lowest BCUT2D eigenvalue weighted by molar-refractivity contribution is -0.384. The molecule has 3 N–H and O–H groups in total. The molecule has 1 aliphatic carbocycles. The molecular formula is C14H21N3O3. The first kappa shape index (κ1) is 14.6. The fourth-order valence-electron chi connectivity index (χ4n) is 2.92. The van der Waals surface area contributed by atoms with Crippen molar-refractivity contribution in [1.82, 2.24) is 0 Å². The zero-order chi connectivity index (χ0) is 14.5. The number of nitrogens with two attached hydrogens (primary N) is 1. The monoisotopic (exact) mass is 279 g/mol. The standard InChI is InChI=1S/C14H21N3O3/c1-20-13-8-4-7-11(14(13)17(18)19)16-12(9-15)10-5-2-3-6-10/h4,7-8,10,12,16H,2-3,5-6,9,15H2,1H3. The number of anilines is 1. The van der Waals surface area contributed by atoms with Gasteiger partial charge in [0.15, 0.2) is 5.75 Å². The predicted octanol–water partition coefficient (Wildman–Crippen LogP) is 2.53. The maximum absolute atomic E-state index is 11.2. The number of hydrogen-bond acceptors (Lipinski definition) is 5. The molecule has 0 aliphatic heterocycles. The van der Waals surface area contributed by atoms with Crippen LogP contribution in [0.1, 0.15) is 25.7 Å². The molecule has 0 aromatic heterocycles. The summed E-state index contributed by atoms with van der Waals surface area (Å²) >= 11 is 0. The number of nitrogens with zero attached hydrogens (tertiary/aromatic N) is 1. The quantitative estimate of drug-likeness (QED) is 0.617. The minimum Gasteiger partial charge on any atom is -0.490 e. The first-order valence-electron chi connectivity index (χ1n) is 6.95. The van der Waals surface area contributed by atoms with Crippen molar-refractivity contribution in [2.24, 2.45) is 11.7 Å². The Bertz CT molecular complexity index is 473. The maximum atomic E-state index is 11.2. The van der Waals surface area contributed by atoms with Crippen LogP contribution in [-0.4, -0.2) is 24.6 Å². The van der Waals surface area contributed by atoms with Crippen molar-refractivity contribution in [3.8, 4) is 5.75 Å². The van der Waals surface area contributed by atoms with Crippen LogP contribution in [0.3, 0.4) is 0 Å². The van der Waals surface area contributed by atoms with E-state index in [1.54, 1.807) is 18.2 Å². The summed E-state index contributed by atoms with van der Waals surface area (Å²) in [5, 5.41) is 14.5. The molecule has 6 nitrogen and oxygen atoms in total. The SMILES string of the molecule is COc1cccc(NC(CN)C2CCCC2)c1[N+](=O)[O-]. The van der Waals surface area contributed by atoms with Gasteiger partial charge in [-0.15, -0.1) is 0 Å². The van der Waals surface area contributed by atoms with Crippen LogP contribution in [0.15, 0.2) is 18.2 Å². The van der Waals surface area contributed by atoms with E-state index in [9.17, 15) is 10.1 Å². The van der Waals surface area contributed by atoms with E-state index >= 15 is 0 Å². The highest BCUT2D eigenvalue weighted by Gasteiger charge is 2.27. The lowest BCUT2D eigenvalue weighted by Crippen LogP contribution is -2.35. The number of methoxy groups -OCH3 is 1. The number of para-hydroxylation sites is 1. The Morgan fingerprint density at radius 3 is 2.75 bits per heavy atom. The van der Waals surface area contributed by atoms with Crippen LogP contribution >= 0.6 is 0 Å². The molecule has 0 amide bonds. The molecule has 1 aliphatic rings. The Balaban J connectivity index is 2.25. The van der Waals surface area contributed by atoms with Crippen LogP contribution in [-0.2, 0) is 0 Å². The fourth-order valence-corrected chi connectivity index (χ4v) is 2.92. The molecule has 2 rings (SSSR count). The summed E-state index contributed by atoms with van der Waals surface area (Å²) in [6, 6.07) is 5.12. The number of rotatable bonds is 6. The van der Waals surface area contributed by atoms with Gasteiger partial charge in [0.25, 0.3) is 0 Å². The second-order valence-corrected chi connectivity index (χ2v) is 5.14. The molecule has 6 heteroatoms. The Hall–Kier alpha value is -1.82. The highest BCUT2D eigenvalue weighted by Crippen LogP contribution is 2.36. The van der Waals surface area contributed by atoms with Crippen molar-refractivity contribution >= 4 is 11.4 Å². The van der Waals surface area contributed by atoms with Crippen LogP contribution in [0.4, 0.5) is 11.4 Å². The zero-order valence-corrected chi connectivity index (χ0v) is 11.7. The van der Waals surface area contributed by atoms with Crippen LogP contribution in [0, 0.1) is 16.0 Å². The molecule has 110 valence electrons. The van der Waals surface area contributed by atoms with Crippen molar-refractivity contribution in [3.63, 3.8) is 0 Å². The molecule has 20 heavy (non-hydrogen) atoms. The Morgan fingerprint density at radius 2 is 2.20 bits per heavy atom. The van der Waals surface area contributed by atoms with Gasteiger partial charge in [0.05, 0.1) is 12.0 Å². The van der Waals surface area contributed by atoms with Gasteiger partial charge in [-0.3, -0.25) is 10.1 Å². The summed E-state index contributed by atoms with van der Waals surface area (Å²) in [5.74, 6) is 0.757. The molecule has 0 radical (unpaired) electrons. The Kier molecular flexibility index (Phi) is 4.79. The second kappa shape index (κ2) is 6.56. The van der Waals surface area contributed by atoms with E-state index in [1.165, 1.54) is 20.0 Å². The summed E-state index contributed by atoms with van der Waals surface area (Å²) in [7, 11) is 1.43. The van der Waals surface area contributed by atoms with Crippen LogP contribution in [0.5, 0.6) is 5.75 Å². The van der Waals surface area contributed by atoms with Gasteiger partial charge in [0.2, 0.25) is 0 Å². The molecule has 1 atom stereocenters. The van der Waals surface area contributed by atoms with Gasteiger partial charge < -0.3 is 15.8 Å². The second-order valence-electron chi connectivity index (χ2n) is 5.14. The van der Waals surface area contributed by atoms with Crippen LogP contribution in [0.25, 0.3) is 0 Å². The van der Waals surface area contributed by atoms with Gasteiger partial charge in [-0.2, -0.15) is 0 Å². The molecule has 1 aromatic carbocycles.